The van der Waals surface area contributed by atoms with Gasteiger partial charge in [-0.05, 0) is 81.3 Å². The molecule has 2 N–H and O–H groups in total. The van der Waals surface area contributed by atoms with Crippen molar-refractivity contribution in [3.05, 3.63) is 144 Å². The third-order valence-corrected chi connectivity index (χ3v) is 8.68. The lowest BCUT2D eigenvalue weighted by Gasteiger charge is -2.21. The van der Waals surface area contributed by atoms with Crippen LogP contribution < -0.4 is 15.4 Å². The number of esters is 1. The van der Waals surface area contributed by atoms with Gasteiger partial charge in [-0.3, -0.25) is 10.1 Å². The summed E-state index contributed by atoms with van der Waals surface area (Å²) in [5, 5.41) is 5.67. The van der Waals surface area contributed by atoms with E-state index in [1.54, 1.807) is 37.4 Å². The van der Waals surface area contributed by atoms with Crippen LogP contribution in [-0.4, -0.2) is 37.7 Å². The molecule has 260 valence electrons. The van der Waals surface area contributed by atoms with Crippen LogP contribution in [0.1, 0.15) is 49.7 Å². The summed E-state index contributed by atoms with van der Waals surface area (Å²) < 4.78 is 16.4. The van der Waals surface area contributed by atoms with E-state index in [4.69, 9.17) is 14.2 Å². The van der Waals surface area contributed by atoms with Gasteiger partial charge in [0.25, 0.3) is 5.91 Å². The molecule has 0 saturated carbocycles. The predicted molar refractivity (Wildman–Crippen MR) is 205 cm³/mol. The molecule has 0 aliphatic heterocycles. The van der Waals surface area contributed by atoms with Gasteiger partial charge in [-0.15, -0.1) is 0 Å². The average molecular weight is 693 g/mol. The van der Waals surface area contributed by atoms with Crippen LogP contribution in [0.15, 0.2) is 121 Å². The zero-order valence-electron chi connectivity index (χ0n) is 28.3. The van der Waals surface area contributed by atoms with E-state index in [0.717, 1.165) is 27.8 Å². The maximum absolute atomic E-state index is 13.1. The third-order valence-electron chi connectivity index (χ3n) is 8.68. The summed E-state index contributed by atoms with van der Waals surface area (Å²) in [5.41, 5.74) is 8.17. The largest absolute Gasteiger partial charge is 0.497 e. The van der Waals surface area contributed by atoms with Gasteiger partial charge in [-0.25, -0.2) is 9.59 Å². The second kappa shape index (κ2) is 16.3. The number of fused-ring (bicyclic) bond motifs is 3. The minimum Gasteiger partial charge on any atom is -0.497 e. The summed E-state index contributed by atoms with van der Waals surface area (Å²) in [6, 6.07) is 37.3. The quantitative estimate of drug-likeness (QED) is 0.106. The molecule has 0 fully saturated rings. The lowest BCUT2D eigenvalue weighted by Crippen LogP contribution is -2.45. The van der Waals surface area contributed by atoms with Crippen LogP contribution in [0, 0.1) is 5.92 Å². The van der Waals surface area contributed by atoms with Gasteiger partial charge in [0.05, 0.1) is 7.11 Å². The van der Waals surface area contributed by atoms with E-state index >= 15 is 0 Å². The van der Waals surface area contributed by atoms with E-state index in [1.807, 2.05) is 80.6 Å². The number of rotatable bonds is 11. The van der Waals surface area contributed by atoms with E-state index in [-0.39, 0.29) is 43.7 Å². The summed E-state index contributed by atoms with van der Waals surface area (Å²) >= 11 is 0. The monoisotopic (exact) mass is 692 g/mol. The Hall–Kier alpha value is -5.46. The molecule has 5 aromatic carbocycles. The molecule has 9 heteroatoms. The molecule has 1 aliphatic rings. The first kappa shape index (κ1) is 35.8. The molecule has 0 spiro atoms. The molecule has 5 aromatic rings. The van der Waals surface area contributed by atoms with Crippen LogP contribution in [0.4, 0.5) is 10.5 Å². The van der Waals surface area contributed by atoms with Crippen molar-refractivity contribution in [3.63, 3.8) is 0 Å². The van der Waals surface area contributed by atoms with Crippen LogP contribution in [0.5, 0.6) is 5.75 Å². The molecule has 2 atom stereocenters. The summed E-state index contributed by atoms with van der Waals surface area (Å²) in [4.78, 5) is 38.9. The molecule has 8 nitrogen and oxygen atoms in total. The summed E-state index contributed by atoms with van der Waals surface area (Å²) in [7, 11) is 1.59. The van der Waals surface area contributed by atoms with Crippen molar-refractivity contribution >= 4 is 33.6 Å². The van der Waals surface area contributed by atoms with Gasteiger partial charge in [0.1, 0.15) is 25.0 Å². The highest BCUT2D eigenvalue weighted by Crippen LogP contribution is 2.44. The molecule has 6 rings (SSSR count). The van der Waals surface area contributed by atoms with Crippen molar-refractivity contribution < 1.29 is 31.4 Å². The number of methoxy groups -OCH3 is 1. The van der Waals surface area contributed by atoms with E-state index in [1.165, 1.54) is 11.1 Å². The fraction of sp³-hybridized carbons (Fsp3) is 0.195. The minimum absolute atomic E-state index is 0. The van der Waals surface area contributed by atoms with Gasteiger partial charge in [0.2, 0.25) is 0 Å². The van der Waals surface area contributed by atoms with E-state index < -0.39 is 18.1 Å². The topological polar surface area (TPSA) is 103 Å². The molecule has 1 aliphatic carbocycles. The van der Waals surface area contributed by atoms with Crippen molar-refractivity contribution in [2.24, 2.45) is 5.92 Å². The number of hydrogen-bond acceptors (Lipinski definition) is 6. The lowest BCUT2D eigenvalue weighted by molar-refractivity contribution is -0.148. The first-order valence-corrected chi connectivity index (χ1v) is 16.2. The third kappa shape index (κ3) is 8.21. The van der Waals surface area contributed by atoms with Gasteiger partial charge < -0.3 is 19.5 Å². The Morgan fingerprint density at radius 1 is 0.740 bits per heavy atom. The Morgan fingerprint density at radius 3 is 2.00 bits per heavy atom. The number of benzene rings is 5. The predicted octanol–water partition coefficient (Wildman–Crippen LogP) is 8.77. The van der Waals surface area contributed by atoms with Crippen molar-refractivity contribution in [2.45, 2.75) is 32.4 Å². The maximum Gasteiger partial charge on any atom is 0.411 e. The number of carbonyl (C=O) groups excluding carboxylic acids is 3. The summed E-state index contributed by atoms with van der Waals surface area (Å²) in [6.45, 7) is 4.02. The van der Waals surface area contributed by atoms with E-state index in [2.05, 4.69) is 34.9 Å². The van der Waals surface area contributed by atoms with Crippen LogP contribution in [0.25, 0.3) is 22.3 Å². The second-order valence-electron chi connectivity index (χ2n) is 12.3. The number of amides is 2. The maximum atomic E-state index is 13.1. The fourth-order valence-corrected chi connectivity index (χ4v) is 6.03. The molecule has 0 radical (unpaired) electrons. The standard InChI is InChI=1S/C41H38N2O6.H3P.2H2/c1-26(2)38(40(45)48-24-27-15-21-32(47-3)22-16-27)43-39(44)29-19-17-28(18-20-29)30-9-8-10-31(23-30)42-41(46)49-25-37-35-13-6-4-11-33(35)34-12-5-7-14-36(34)37;;;/h4-23,26,37-38H,24-25H2,1-3H3,(H,42,46)(H,43,44);1H3;2*1H/t38-;;;/m0.../s1. The van der Waals surface area contributed by atoms with Crippen LogP contribution in [-0.2, 0) is 20.9 Å². The Morgan fingerprint density at radius 2 is 1.38 bits per heavy atom. The number of hydrogen-bond donors (Lipinski definition) is 2. The van der Waals surface area contributed by atoms with Gasteiger partial charge >= 0.3 is 12.1 Å². The normalized spacial score (nSPS) is 12.2. The second-order valence-corrected chi connectivity index (χ2v) is 12.3. The number of nitrogens with one attached hydrogen (secondary N) is 2. The van der Waals surface area contributed by atoms with E-state index in [9.17, 15) is 14.4 Å². The average Bonchev–Trinajstić information content (AvgIpc) is 3.45. The van der Waals surface area contributed by atoms with Crippen LogP contribution in [0.3, 0.4) is 0 Å². The zero-order valence-corrected chi connectivity index (χ0v) is 29.8. The van der Waals surface area contributed by atoms with Gasteiger partial charge in [-0.1, -0.05) is 98.8 Å². The molecular formula is C41H45N2O6P. The lowest BCUT2D eigenvalue weighted by atomic mass is 9.98. The number of ether oxygens (including phenoxy) is 3. The van der Waals surface area contributed by atoms with Gasteiger partial charge in [0, 0.05) is 20.0 Å². The van der Waals surface area contributed by atoms with Crippen molar-refractivity contribution in [3.8, 4) is 28.0 Å². The smallest absolute Gasteiger partial charge is 0.411 e. The number of anilines is 1. The molecule has 0 bridgehead atoms. The van der Waals surface area contributed by atoms with Crippen LogP contribution >= 0.6 is 9.90 Å². The van der Waals surface area contributed by atoms with Crippen molar-refractivity contribution in [1.29, 1.82) is 0 Å². The highest BCUT2D eigenvalue weighted by atomic mass is 31.0. The number of carbonyl (C=O) groups is 3. The first-order chi connectivity index (χ1) is 23.8. The van der Waals surface area contributed by atoms with E-state index in [0.29, 0.717) is 17.0 Å². The van der Waals surface area contributed by atoms with Crippen molar-refractivity contribution in [1.82, 2.24) is 5.32 Å². The van der Waals surface area contributed by atoms with Gasteiger partial charge in [0.15, 0.2) is 0 Å². The zero-order chi connectivity index (χ0) is 34.3. The Balaban J connectivity index is 0.00000243. The minimum atomic E-state index is -0.814. The summed E-state index contributed by atoms with van der Waals surface area (Å²) in [5.74, 6) is -0.375. The first-order valence-electron chi connectivity index (χ1n) is 16.2. The fourth-order valence-electron chi connectivity index (χ4n) is 6.03. The summed E-state index contributed by atoms with van der Waals surface area (Å²) in [6.07, 6.45) is -0.534. The van der Waals surface area contributed by atoms with Crippen molar-refractivity contribution in [2.75, 3.05) is 19.0 Å². The van der Waals surface area contributed by atoms with Gasteiger partial charge in [-0.2, -0.15) is 9.90 Å². The molecule has 50 heavy (non-hydrogen) atoms. The molecule has 2 amide bonds. The Bertz CT molecular complexity index is 1930. The molecule has 0 heterocycles. The Kier molecular flexibility index (Phi) is 11.7. The SMILES string of the molecule is COc1ccc(COC(=O)[C@@H](NC(=O)c2ccc(-c3cccc(NC(=O)OCC4c5ccccc5-c5ccccc54)c3)cc2)C(C)C)cc1.P.[HH].[HH]. The highest BCUT2D eigenvalue weighted by Gasteiger charge is 2.29. The molecule has 1 unspecified atom stereocenters. The highest BCUT2D eigenvalue weighted by molar-refractivity contribution is 6.92. The molecular weight excluding hydrogens is 647 g/mol. The molecule has 0 aromatic heterocycles. The van der Waals surface area contributed by atoms with Crippen LogP contribution in [0.2, 0.25) is 0 Å². The Labute approximate surface area is 298 Å². The molecule has 0 saturated heterocycles.